The van der Waals surface area contributed by atoms with Crippen molar-refractivity contribution in [2.24, 2.45) is 11.8 Å². The number of nitrogens with one attached hydrogen (secondary N) is 1. The Morgan fingerprint density at radius 1 is 1.22 bits per heavy atom. The third-order valence-electron chi connectivity index (χ3n) is 4.31. The lowest BCUT2D eigenvalue weighted by Crippen LogP contribution is -2.35. The van der Waals surface area contributed by atoms with E-state index in [4.69, 9.17) is 4.42 Å². The zero-order valence-corrected chi connectivity index (χ0v) is 11.0. The molecular formula is C15H20N2O. The van der Waals surface area contributed by atoms with E-state index in [2.05, 4.69) is 24.1 Å². The van der Waals surface area contributed by atoms with Gasteiger partial charge in [0.2, 0.25) is 0 Å². The summed E-state index contributed by atoms with van der Waals surface area (Å²) in [4.78, 5) is 4.49. The van der Waals surface area contributed by atoms with E-state index in [0.717, 1.165) is 17.0 Å². The number of benzene rings is 1. The maximum Gasteiger partial charge on any atom is 0.295 e. The summed E-state index contributed by atoms with van der Waals surface area (Å²) in [5, 5.41) is 3.47. The maximum absolute atomic E-state index is 5.73. The average Bonchev–Trinajstić information content (AvgIpc) is 2.77. The number of oxazole rings is 1. The van der Waals surface area contributed by atoms with Gasteiger partial charge in [-0.2, -0.15) is 4.98 Å². The highest BCUT2D eigenvalue weighted by Gasteiger charge is 2.27. The minimum atomic E-state index is 0.488. The first-order valence-electron chi connectivity index (χ1n) is 6.86. The predicted octanol–water partition coefficient (Wildman–Crippen LogP) is 4.06. The summed E-state index contributed by atoms with van der Waals surface area (Å²) < 4.78 is 5.73. The van der Waals surface area contributed by atoms with Crippen LogP contribution < -0.4 is 5.32 Å². The maximum atomic E-state index is 5.73. The molecule has 18 heavy (non-hydrogen) atoms. The third-order valence-corrected chi connectivity index (χ3v) is 4.31. The van der Waals surface area contributed by atoms with E-state index in [1.165, 1.54) is 19.3 Å². The van der Waals surface area contributed by atoms with E-state index in [-0.39, 0.29) is 0 Å². The molecule has 0 amide bonds. The molecule has 1 heterocycles. The highest BCUT2D eigenvalue weighted by atomic mass is 16.4. The van der Waals surface area contributed by atoms with Crippen molar-refractivity contribution in [1.82, 2.24) is 4.98 Å². The lowest BCUT2D eigenvalue weighted by atomic mass is 9.78. The molecule has 0 aliphatic heterocycles. The standard InChI is InChI=1S/C15H20N2O/c1-10-6-5-8-12(11(10)2)16-15-17-13-7-3-4-9-14(13)18-15/h3-4,7,9-12H,5-6,8H2,1-2H3,(H,16,17)/t10-,11+,12+/m1/s1. The van der Waals surface area contributed by atoms with Crippen LogP contribution in [0.25, 0.3) is 11.1 Å². The van der Waals surface area contributed by atoms with Crippen molar-refractivity contribution in [1.29, 1.82) is 0 Å². The van der Waals surface area contributed by atoms with Crippen LogP contribution >= 0.6 is 0 Å². The van der Waals surface area contributed by atoms with E-state index < -0.39 is 0 Å². The summed E-state index contributed by atoms with van der Waals surface area (Å²) in [5.41, 5.74) is 1.79. The van der Waals surface area contributed by atoms with Crippen molar-refractivity contribution in [3.63, 3.8) is 0 Å². The van der Waals surface area contributed by atoms with Crippen molar-refractivity contribution < 1.29 is 4.42 Å². The minimum Gasteiger partial charge on any atom is -0.424 e. The van der Waals surface area contributed by atoms with Gasteiger partial charge in [0.05, 0.1) is 0 Å². The molecule has 3 atom stereocenters. The Kier molecular flexibility index (Phi) is 2.98. The van der Waals surface area contributed by atoms with Gasteiger partial charge >= 0.3 is 0 Å². The molecule has 1 aromatic carbocycles. The summed E-state index contributed by atoms with van der Waals surface area (Å²) in [7, 11) is 0. The SMILES string of the molecule is C[C@H]1[C@H](C)CCC[C@@H]1Nc1nc2ccccc2o1. The number of anilines is 1. The Bertz CT molecular complexity index is 501. The van der Waals surface area contributed by atoms with Gasteiger partial charge in [-0.25, -0.2) is 0 Å². The van der Waals surface area contributed by atoms with Crippen molar-refractivity contribution in [2.75, 3.05) is 5.32 Å². The minimum absolute atomic E-state index is 0.488. The molecule has 1 aliphatic rings. The molecule has 3 rings (SSSR count). The van der Waals surface area contributed by atoms with Crippen LogP contribution in [-0.4, -0.2) is 11.0 Å². The zero-order chi connectivity index (χ0) is 12.5. The van der Waals surface area contributed by atoms with Gasteiger partial charge in [0.1, 0.15) is 5.52 Å². The monoisotopic (exact) mass is 244 g/mol. The normalized spacial score (nSPS) is 28.4. The molecule has 1 aromatic heterocycles. The van der Waals surface area contributed by atoms with E-state index in [0.29, 0.717) is 18.0 Å². The van der Waals surface area contributed by atoms with Crippen LogP contribution in [0.4, 0.5) is 6.01 Å². The summed E-state index contributed by atoms with van der Waals surface area (Å²) in [6.45, 7) is 4.66. The molecule has 0 unspecified atom stereocenters. The van der Waals surface area contributed by atoms with Crippen LogP contribution in [0, 0.1) is 11.8 Å². The molecule has 1 N–H and O–H groups in total. The van der Waals surface area contributed by atoms with Crippen molar-refractivity contribution in [2.45, 2.75) is 39.2 Å². The summed E-state index contributed by atoms with van der Waals surface area (Å²) in [6.07, 6.45) is 3.85. The number of nitrogens with zero attached hydrogens (tertiary/aromatic N) is 1. The Morgan fingerprint density at radius 3 is 2.89 bits per heavy atom. The van der Waals surface area contributed by atoms with Crippen LogP contribution in [0.3, 0.4) is 0 Å². The fourth-order valence-corrected chi connectivity index (χ4v) is 2.88. The van der Waals surface area contributed by atoms with Gasteiger partial charge in [-0.15, -0.1) is 0 Å². The Labute approximate surface area is 108 Å². The molecule has 0 radical (unpaired) electrons. The molecule has 3 nitrogen and oxygen atoms in total. The molecule has 3 heteroatoms. The summed E-state index contributed by atoms with van der Waals surface area (Å²) >= 11 is 0. The molecule has 1 saturated carbocycles. The Balaban J connectivity index is 1.79. The molecule has 0 bridgehead atoms. The molecule has 1 fully saturated rings. The van der Waals surface area contributed by atoms with Gasteiger partial charge < -0.3 is 9.73 Å². The topological polar surface area (TPSA) is 38.1 Å². The Morgan fingerprint density at radius 2 is 2.06 bits per heavy atom. The van der Waals surface area contributed by atoms with E-state index in [1.807, 2.05) is 24.3 Å². The van der Waals surface area contributed by atoms with Crippen LogP contribution in [-0.2, 0) is 0 Å². The van der Waals surface area contributed by atoms with Crippen LogP contribution in [0.5, 0.6) is 0 Å². The lowest BCUT2D eigenvalue weighted by molar-refractivity contribution is 0.250. The molecule has 0 spiro atoms. The largest absolute Gasteiger partial charge is 0.424 e. The van der Waals surface area contributed by atoms with Gasteiger partial charge in [-0.3, -0.25) is 0 Å². The predicted molar refractivity (Wildman–Crippen MR) is 73.6 cm³/mol. The summed E-state index contributed by atoms with van der Waals surface area (Å²) in [5.74, 6) is 1.45. The highest BCUT2D eigenvalue weighted by molar-refractivity contribution is 5.74. The molecular weight excluding hydrogens is 224 g/mol. The third kappa shape index (κ3) is 2.09. The number of para-hydroxylation sites is 2. The van der Waals surface area contributed by atoms with Gasteiger partial charge in [0.25, 0.3) is 6.01 Å². The fourth-order valence-electron chi connectivity index (χ4n) is 2.88. The first-order valence-corrected chi connectivity index (χ1v) is 6.86. The van der Waals surface area contributed by atoms with Gasteiger partial charge in [-0.1, -0.05) is 38.8 Å². The first-order chi connectivity index (χ1) is 8.74. The van der Waals surface area contributed by atoms with Gasteiger partial charge in [0.15, 0.2) is 5.58 Å². The smallest absolute Gasteiger partial charge is 0.295 e. The number of rotatable bonds is 2. The quantitative estimate of drug-likeness (QED) is 0.865. The van der Waals surface area contributed by atoms with E-state index in [9.17, 15) is 0 Å². The Hall–Kier alpha value is -1.51. The van der Waals surface area contributed by atoms with Crippen molar-refractivity contribution in [3.05, 3.63) is 24.3 Å². The number of fused-ring (bicyclic) bond motifs is 1. The van der Waals surface area contributed by atoms with Gasteiger partial charge in [0, 0.05) is 6.04 Å². The van der Waals surface area contributed by atoms with E-state index in [1.54, 1.807) is 0 Å². The zero-order valence-electron chi connectivity index (χ0n) is 11.0. The van der Waals surface area contributed by atoms with Crippen LogP contribution in [0.1, 0.15) is 33.1 Å². The molecule has 1 aliphatic carbocycles. The highest BCUT2D eigenvalue weighted by Crippen LogP contribution is 2.32. The molecule has 96 valence electrons. The van der Waals surface area contributed by atoms with Crippen molar-refractivity contribution in [3.8, 4) is 0 Å². The lowest BCUT2D eigenvalue weighted by Gasteiger charge is -2.34. The number of aromatic nitrogens is 1. The van der Waals surface area contributed by atoms with Gasteiger partial charge in [-0.05, 0) is 30.4 Å². The number of hydrogen-bond donors (Lipinski definition) is 1. The van der Waals surface area contributed by atoms with Crippen LogP contribution in [0.2, 0.25) is 0 Å². The molecule has 2 aromatic rings. The second-order valence-corrected chi connectivity index (χ2v) is 5.50. The van der Waals surface area contributed by atoms with Crippen LogP contribution in [0.15, 0.2) is 28.7 Å². The van der Waals surface area contributed by atoms with Crippen molar-refractivity contribution >= 4 is 17.1 Å². The second-order valence-electron chi connectivity index (χ2n) is 5.50. The average molecular weight is 244 g/mol. The van der Waals surface area contributed by atoms with E-state index >= 15 is 0 Å². The number of hydrogen-bond acceptors (Lipinski definition) is 3. The fraction of sp³-hybridized carbons (Fsp3) is 0.533. The first kappa shape index (κ1) is 11.6. The second kappa shape index (κ2) is 4.63. The molecule has 0 saturated heterocycles. The summed E-state index contributed by atoms with van der Waals surface area (Å²) in [6, 6.07) is 9.06.